The van der Waals surface area contributed by atoms with E-state index in [1.54, 1.807) is 42.2 Å². The van der Waals surface area contributed by atoms with Gasteiger partial charge < -0.3 is 24.6 Å². The highest BCUT2D eigenvalue weighted by Gasteiger charge is 2.40. The third-order valence-electron chi connectivity index (χ3n) is 6.21. The second-order valence-electron chi connectivity index (χ2n) is 9.91. The lowest BCUT2D eigenvalue weighted by Crippen LogP contribution is -2.59. The van der Waals surface area contributed by atoms with Crippen LogP contribution in [0.2, 0.25) is 0 Å². The summed E-state index contributed by atoms with van der Waals surface area (Å²) in [5, 5.41) is 2.89. The molecule has 1 atom stereocenters. The molecule has 8 heteroatoms. The Kier molecular flexibility index (Phi) is 6.25. The van der Waals surface area contributed by atoms with Crippen molar-refractivity contribution in [2.24, 2.45) is 5.41 Å². The van der Waals surface area contributed by atoms with Gasteiger partial charge in [-0.2, -0.15) is 0 Å². The maximum Gasteiger partial charge on any atom is 0.256 e. The molecule has 2 aromatic carbocycles. The van der Waals surface area contributed by atoms with Crippen LogP contribution in [-0.4, -0.2) is 67.4 Å². The lowest BCUT2D eigenvalue weighted by molar-refractivity contribution is -0.137. The maximum absolute atomic E-state index is 13.5. The van der Waals surface area contributed by atoms with E-state index >= 15 is 0 Å². The van der Waals surface area contributed by atoms with Crippen molar-refractivity contribution in [1.82, 2.24) is 9.80 Å². The van der Waals surface area contributed by atoms with Crippen molar-refractivity contribution < 1.29 is 23.9 Å². The Bertz CT molecular complexity index is 1140. The zero-order valence-electron chi connectivity index (χ0n) is 20.3. The Balaban J connectivity index is 1.63. The quantitative estimate of drug-likeness (QED) is 0.748. The van der Waals surface area contributed by atoms with Gasteiger partial charge in [-0.3, -0.25) is 14.4 Å². The number of carbonyl (C=O) groups excluding carboxylic acids is 3. The number of ether oxygens (including phenoxy) is 2. The first-order chi connectivity index (χ1) is 16.1. The number of hydrogen-bond acceptors (Lipinski definition) is 5. The van der Waals surface area contributed by atoms with Gasteiger partial charge in [0.05, 0.1) is 32.0 Å². The van der Waals surface area contributed by atoms with E-state index in [9.17, 15) is 14.4 Å². The van der Waals surface area contributed by atoms with Gasteiger partial charge in [-0.15, -0.1) is 0 Å². The summed E-state index contributed by atoms with van der Waals surface area (Å²) in [7, 11) is 3.17. The van der Waals surface area contributed by atoms with Crippen molar-refractivity contribution in [1.29, 1.82) is 0 Å². The minimum Gasteiger partial charge on any atom is -0.497 e. The van der Waals surface area contributed by atoms with E-state index in [2.05, 4.69) is 5.32 Å². The van der Waals surface area contributed by atoms with Gasteiger partial charge in [-0.25, -0.2) is 0 Å². The van der Waals surface area contributed by atoms with E-state index in [-0.39, 0.29) is 29.7 Å². The number of carbonyl (C=O) groups is 3. The number of nitrogens with zero attached hydrogens (tertiary/aromatic N) is 2. The number of methoxy groups -OCH3 is 2. The number of rotatable bonds is 4. The van der Waals surface area contributed by atoms with E-state index in [1.807, 2.05) is 39.0 Å². The Hall–Kier alpha value is -3.55. The summed E-state index contributed by atoms with van der Waals surface area (Å²) in [6, 6.07) is 10.1. The summed E-state index contributed by atoms with van der Waals surface area (Å²) >= 11 is 0. The molecule has 1 fully saturated rings. The monoisotopic (exact) mass is 465 g/mol. The molecule has 4 rings (SSSR count). The molecular formula is C26H31N3O5. The number of benzene rings is 2. The first-order valence-corrected chi connectivity index (χ1v) is 11.4. The van der Waals surface area contributed by atoms with Crippen LogP contribution < -0.4 is 14.8 Å². The van der Waals surface area contributed by atoms with Crippen LogP contribution in [-0.2, 0) is 9.59 Å². The van der Waals surface area contributed by atoms with Gasteiger partial charge in [-0.1, -0.05) is 26.8 Å². The van der Waals surface area contributed by atoms with Crippen molar-refractivity contribution in [3.8, 4) is 22.6 Å². The fraction of sp³-hybridized carbons (Fsp3) is 0.423. The number of nitrogens with one attached hydrogen (secondary N) is 1. The summed E-state index contributed by atoms with van der Waals surface area (Å²) < 4.78 is 10.8. The molecule has 0 aromatic heterocycles. The van der Waals surface area contributed by atoms with E-state index < -0.39 is 6.04 Å². The van der Waals surface area contributed by atoms with Crippen molar-refractivity contribution >= 4 is 23.4 Å². The van der Waals surface area contributed by atoms with Crippen LogP contribution in [0.5, 0.6) is 11.5 Å². The maximum atomic E-state index is 13.5. The molecule has 180 valence electrons. The fourth-order valence-corrected chi connectivity index (χ4v) is 4.45. The van der Waals surface area contributed by atoms with Gasteiger partial charge in [0, 0.05) is 31.1 Å². The smallest absolute Gasteiger partial charge is 0.256 e. The molecule has 0 bridgehead atoms. The lowest BCUT2D eigenvalue weighted by Gasteiger charge is -2.40. The van der Waals surface area contributed by atoms with Gasteiger partial charge in [0.15, 0.2) is 0 Å². The molecule has 1 saturated heterocycles. The van der Waals surface area contributed by atoms with E-state index in [4.69, 9.17) is 9.47 Å². The molecule has 0 aliphatic carbocycles. The van der Waals surface area contributed by atoms with Crippen molar-refractivity contribution in [2.45, 2.75) is 33.2 Å². The van der Waals surface area contributed by atoms with Gasteiger partial charge in [0.1, 0.15) is 17.5 Å². The molecule has 0 spiro atoms. The number of piperazine rings is 1. The highest BCUT2D eigenvalue weighted by Crippen LogP contribution is 2.36. The first-order valence-electron chi connectivity index (χ1n) is 11.4. The molecule has 1 N–H and O–H groups in total. The summed E-state index contributed by atoms with van der Waals surface area (Å²) in [5.41, 5.74) is 2.33. The van der Waals surface area contributed by atoms with Gasteiger partial charge in [-0.05, 0) is 35.2 Å². The fourth-order valence-electron chi connectivity index (χ4n) is 4.45. The molecule has 2 aromatic rings. The molecule has 0 saturated carbocycles. The zero-order valence-corrected chi connectivity index (χ0v) is 20.3. The molecular weight excluding hydrogens is 434 g/mol. The van der Waals surface area contributed by atoms with Crippen LogP contribution >= 0.6 is 0 Å². The van der Waals surface area contributed by atoms with E-state index in [0.717, 1.165) is 11.1 Å². The second-order valence-corrected chi connectivity index (χ2v) is 9.91. The van der Waals surface area contributed by atoms with Crippen molar-refractivity contribution in [3.05, 3.63) is 42.0 Å². The predicted molar refractivity (Wildman–Crippen MR) is 129 cm³/mol. The first kappa shape index (κ1) is 23.6. The summed E-state index contributed by atoms with van der Waals surface area (Å²) in [6.07, 6.45) is 0.391. The number of amides is 3. The van der Waals surface area contributed by atoms with E-state index in [1.165, 1.54) is 0 Å². The van der Waals surface area contributed by atoms with Crippen LogP contribution in [0.1, 0.15) is 37.6 Å². The Morgan fingerprint density at radius 3 is 2.47 bits per heavy atom. The van der Waals surface area contributed by atoms with Crippen LogP contribution in [0.25, 0.3) is 11.1 Å². The standard InChI is InChI=1S/C26H31N3O5/c1-26(2,3)14-23(30)28-10-11-29-21(15-28)24(31)27-20-9-6-16(12-19(20)25(29)32)18-8-7-17(33-4)13-22(18)34-5/h6-9,12-13,21H,10-11,14-15H2,1-5H3,(H,27,31). The minimum atomic E-state index is -0.725. The molecule has 3 amide bonds. The highest BCUT2D eigenvalue weighted by atomic mass is 16.5. The zero-order chi connectivity index (χ0) is 24.6. The molecule has 1 unspecified atom stereocenters. The summed E-state index contributed by atoms with van der Waals surface area (Å²) in [5.74, 6) is 0.780. The predicted octanol–water partition coefficient (Wildman–Crippen LogP) is 3.41. The minimum absolute atomic E-state index is 0.00282. The van der Waals surface area contributed by atoms with Gasteiger partial charge in [0.2, 0.25) is 11.8 Å². The molecule has 34 heavy (non-hydrogen) atoms. The van der Waals surface area contributed by atoms with Crippen LogP contribution in [0.4, 0.5) is 5.69 Å². The van der Waals surface area contributed by atoms with Crippen molar-refractivity contribution in [3.63, 3.8) is 0 Å². The lowest BCUT2D eigenvalue weighted by atomic mass is 9.91. The molecule has 8 nitrogen and oxygen atoms in total. The number of hydrogen-bond donors (Lipinski definition) is 1. The number of fused-ring (bicyclic) bond motifs is 2. The highest BCUT2D eigenvalue weighted by molar-refractivity contribution is 6.11. The molecule has 2 aliphatic heterocycles. The van der Waals surface area contributed by atoms with Crippen LogP contribution in [0.3, 0.4) is 0 Å². The normalized spacial score (nSPS) is 18.0. The largest absolute Gasteiger partial charge is 0.497 e. The Morgan fingerprint density at radius 1 is 1.03 bits per heavy atom. The SMILES string of the molecule is COc1ccc(-c2ccc3c(c2)C(=O)N2CCN(C(=O)CC(C)(C)C)CC2C(=O)N3)c(OC)c1. The van der Waals surface area contributed by atoms with E-state index in [0.29, 0.717) is 42.3 Å². The second kappa shape index (κ2) is 9.00. The van der Waals surface area contributed by atoms with Crippen LogP contribution in [0, 0.1) is 5.41 Å². The van der Waals surface area contributed by atoms with Gasteiger partial charge in [0.25, 0.3) is 5.91 Å². The average Bonchev–Trinajstić information content (AvgIpc) is 2.91. The third kappa shape index (κ3) is 4.58. The molecule has 2 heterocycles. The molecule has 2 aliphatic rings. The third-order valence-corrected chi connectivity index (χ3v) is 6.21. The topological polar surface area (TPSA) is 88.2 Å². The Morgan fingerprint density at radius 2 is 1.79 bits per heavy atom. The molecule has 0 radical (unpaired) electrons. The summed E-state index contributed by atoms with van der Waals surface area (Å²) in [6.45, 7) is 6.94. The van der Waals surface area contributed by atoms with Gasteiger partial charge >= 0.3 is 0 Å². The van der Waals surface area contributed by atoms with Crippen LogP contribution in [0.15, 0.2) is 36.4 Å². The average molecular weight is 466 g/mol. The number of anilines is 1. The Labute approximate surface area is 199 Å². The summed E-state index contributed by atoms with van der Waals surface area (Å²) in [4.78, 5) is 42.6. The van der Waals surface area contributed by atoms with Crippen molar-refractivity contribution in [2.75, 3.05) is 39.2 Å².